The molecule has 0 amide bonds. The molecule has 2 aromatic heterocycles. The van der Waals surface area contributed by atoms with E-state index in [1.807, 2.05) is 36.6 Å². The lowest BCUT2D eigenvalue weighted by molar-refractivity contribution is 0.0600. The number of allylic oxidation sites excluding steroid dienone is 1. The summed E-state index contributed by atoms with van der Waals surface area (Å²) in [5, 5.41) is 13.8. The van der Waals surface area contributed by atoms with Crippen molar-refractivity contribution in [2.75, 3.05) is 7.11 Å². The number of nitrogens with zero attached hydrogens (tertiary/aromatic N) is 4. The standard InChI is InChI=1S/C23H22N4O3/c1-14-9-16(3)27(25-14)22(28)20(13-24)11-19-10-15(2)26(17(19)4)21-8-6-7-18(12-21)23(29)30-5/h6-12H,1-5H3/b20-11+. The lowest BCUT2D eigenvalue weighted by atomic mass is 10.1. The van der Waals surface area contributed by atoms with Crippen LogP contribution in [-0.4, -0.2) is 33.3 Å². The van der Waals surface area contributed by atoms with E-state index in [0.29, 0.717) is 17.0 Å². The van der Waals surface area contributed by atoms with Gasteiger partial charge >= 0.3 is 5.97 Å². The number of ether oxygens (including phenoxy) is 1. The maximum absolute atomic E-state index is 12.8. The minimum atomic E-state index is -0.472. The number of aromatic nitrogens is 3. The van der Waals surface area contributed by atoms with Gasteiger partial charge in [-0.05, 0) is 69.7 Å². The van der Waals surface area contributed by atoms with Crippen molar-refractivity contribution in [3.05, 3.63) is 75.9 Å². The van der Waals surface area contributed by atoms with Crippen molar-refractivity contribution in [3.8, 4) is 11.8 Å². The maximum atomic E-state index is 12.8. The molecule has 0 aliphatic rings. The molecule has 0 unspecified atom stereocenters. The third-order valence-corrected chi connectivity index (χ3v) is 4.85. The van der Waals surface area contributed by atoms with Crippen LogP contribution in [0, 0.1) is 39.0 Å². The Balaban J connectivity index is 2.05. The molecule has 1 aromatic carbocycles. The van der Waals surface area contributed by atoms with Crippen molar-refractivity contribution in [1.29, 1.82) is 5.26 Å². The van der Waals surface area contributed by atoms with E-state index in [1.54, 1.807) is 44.2 Å². The fraction of sp³-hybridized carbons (Fsp3) is 0.217. The summed E-state index contributed by atoms with van der Waals surface area (Å²) in [7, 11) is 1.34. The minimum Gasteiger partial charge on any atom is -0.465 e. The van der Waals surface area contributed by atoms with Crippen LogP contribution in [0.15, 0.2) is 42.0 Å². The molecule has 3 aromatic rings. The lowest BCUT2D eigenvalue weighted by Crippen LogP contribution is -2.15. The molecule has 2 heterocycles. The van der Waals surface area contributed by atoms with E-state index in [0.717, 1.165) is 22.6 Å². The number of carbonyl (C=O) groups is 2. The van der Waals surface area contributed by atoms with E-state index in [4.69, 9.17) is 4.74 Å². The van der Waals surface area contributed by atoms with E-state index in [9.17, 15) is 14.9 Å². The van der Waals surface area contributed by atoms with Gasteiger partial charge in [0.1, 0.15) is 11.6 Å². The van der Waals surface area contributed by atoms with Crippen LogP contribution < -0.4 is 0 Å². The van der Waals surface area contributed by atoms with Crippen LogP contribution in [0.4, 0.5) is 0 Å². The molecule has 3 rings (SSSR count). The molecule has 0 aliphatic heterocycles. The second kappa shape index (κ2) is 8.21. The number of esters is 1. The largest absolute Gasteiger partial charge is 0.465 e. The molecule has 0 bridgehead atoms. The summed E-state index contributed by atoms with van der Waals surface area (Å²) >= 11 is 0. The number of benzene rings is 1. The van der Waals surface area contributed by atoms with Crippen molar-refractivity contribution >= 4 is 18.0 Å². The van der Waals surface area contributed by atoms with Gasteiger partial charge in [0, 0.05) is 22.8 Å². The number of aryl methyl sites for hydroxylation is 3. The number of carbonyl (C=O) groups excluding carboxylic acids is 2. The van der Waals surface area contributed by atoms with Crippen LogP contribution in [0.1, 0.15) is 43.5 Å². The second-order valence-corrected chi connectivity index (χ2v) is 7.02. The van der Waals surface area contributed by atoms with Crippen LogP contribution in [0.2, 0.25) is 0 Å². The fourth-order valence-electron chi connectivity index (χ4n) is 3.47. The third kappa shape index (κ3) is 3.80. The molecule has 0 radical (unpaired) electrons. The first-order valence-electron chi connectivity index (χ1n) is 9.34. The molecule has 152 valence electrons. The van der Waals surface area contributed by atoms with Gasteiger partial charge in [-0.1, -0.05) is 6.07 Å². The van der Waals surface area contributed by atoms with Crippen molar-refractivity contribution in [2.45, 2.75) is 27.7 Å². The zero-order valence-electron chi connectivity index (χ0n) is 17.6. The average Bonchev–Trinajstić information content (AvgIpc) is 3.21. The zero-order chi connectivity index (χ0) is 22.0. The average molecular weight is 402 g/mol. The van der Waals surface area contributed by atoms with Crippen molar-refractivity contribution in [1.82, 2.24) is 14.3 Å². The predicted octanol–water partition coefficient (Wildman–Crippen LogP) is 3.94. The predicted molar refractivity (Wildman–Crippen MR) is 113 cm³/mol. The van der Waals surface area contributed by atoms with Crippen molar-refractivity contribution in [2.24, 2.45) is 0 Å². The summed E-state index contributed by atoms with van der Waals surface area (Å²) in [5.74, 6) is -0.887. The molecular formula is C23H22N4O3. The molecule has 7 nitrogen and oxygen atoms in total. The Hall–Kier alpha value is -3.92. The van der Waals surface area contributed by atoms with Crippen LogP contribution in [0.5, 0.6) is 0 Å². The molecule has 0 saturated carbocycles. The zero-order valence-corrected chi connectivity index (χ0v) is 17.6. The Morgan fingerprint density at radius 3 is 2.43 bits per heavy atom. The Kier molecular flexibility index (Phi) is 5.70. The van der Waals surface area contributed by atoms with Crippen LogP contribution in [-0.2, 0) is 4.74 Å². The van der Waals surface area contributed by atoms with Gasteiger partial charge in [-0.25, -0.2) is 9.48 Å². The fourth-order valence-corrected chi connectivity index (χ4v) is 3.47. The van der Waals surface area contributed by atoms with Gasteiger partial charge in [0.15, 0.2) is 0 Å². The maximum Gasteiger partial charge on any atom is 0.337 e. The lowest BCUT2D eigenvalue weighted by Gasteiger charge is -2.11. The highest BCUT2D eigenvalue weighted by Crippen LogP contribution is 2.24. The highest BCUT2D eigenvalue weighted by atomic mass is 16.5. The smallest absolute Gasteiger partial charge is 0.337 e. The molecule has 0 aliphatic carbocycles. The van der Waals surface area contributed by atoms with Crippen molar-refractivity contribution < 1.29 is 14.3 Å². The molecule has 0 spiro atoms. The van der Waals surface area contributed by atoms with Gasteiger partial charge in [0.25, 0.3) is 5.91 Å². The molecular weight excluding hydrogens is 380 g/mol. The van der Waals surface area contributed by atoms with Crippen LogP contribution in [0.3, 0.4) is 0 Å². The SMILES string of the molecule is COC(=O)c1cccc(-n2c(C)cc(/C=C(\C#N)C(=O)n3nc(C)cc3C)c2C)c1. The number of hydrogen-bond donors (Lipinski definition) is 0. The second-order valence-electron chi connectivity index (χ2n) is 7.02. The third-order valence-electron chi connectivity index (χ3n) is 4.85. The summed E-state index contributed by atoms with van der Waals surface area (Å²) in [6, 6.07) is 12.8. The number of hydrogen-bond acceptors (Lipinski definition) is 5. The summed E-state index contributed by atoms with van der Waals surface area (Å²) in [4.78, 5) is 24.7. The molecule has 0 fully saturated rings. The van der Waals surface area contributed by atoms with E-state index in [1.165, 1.54) is 11.8 Å². The molecule has 0 saturated heterocycles. The minimum absolute atomic E-state index is 0.00948. The van der Waals surface area contributed by atoms with Crippen LogP contribution >= 0.6 is 0 Å². The number of methoxy groups -OCH3 is 1. The van der Waals surface area contributed by atoms with Gasteiger partial charge in [-0.15, -0.1) is 0 Å². The van der Waals surface area contributed by atoms with Crippen LogP contribution in [0.25, 0.3) is 11.8 Å². The van der Waals surface area contributed by atoms with Crippen molar-refractivity contribution in [3.63, 3.8) is 0 Å². The van der Waals surface area contributed by atoms with Gasteiger partial charge in [-0.3, -0.25) is 4.79 Å². The summed E-state index contributed by atoms with van der Waals surface area (Å²) in [6.07, 6.45) is 1.57. The normalized spacial score (nSPS) is 11.3. The molecule has 7 heteroatoms. The monoisotopic (exact) mass is 402 g/mol. The Labute approximate surface area is 174 Å². The highest BCUT2D eigenvalue weighted by Gasteiger charge is 2.18. The van der Waals surface area contributed by atoms with E-state index >= 15 is 0 Å². The summed E-state index contributed by atoms with van der Waals surface area (Å²) in [6.45, 7) is 7.38. The molecule has 0 atom stereocenters. The van der Waals surface area contributed by atoms with Gasteiger partial charge in [-0.2, -0.15) is 10.4 Å². The number of rotatable bonds is 4. The van der Waals surface area contributed by atoms with E-state index < -0.39 is 11.9 Å². The number of nitriles is 1. The molecule has 0 N–H and O–H groups in total. The Morgan fingerprint density at radius 1 is 1.10 bits per heavy atom. The van der Waals surface area contributed by atoms with Gasteiger partial charge in [0.2, 0.25) is 0 Å². The first-order valence-corrected chi connectivity index (χ1v) is 9.34. The van der Waals surface area contributed by atoms with Gasteiger partial charge < -0.3 is 9.30 Å². The van der Waals surface area contributed by atoms with Gasteiger partial charge in [0.05, 0.1) is 18.4 Å². The topological polar surface area (TPSA) is 89.9 Å². The summed E-state index contributed by atoms with van der Waals surface area (Å²) in [5.41, 5.74) is 5.07. The quantitative estimate of drug-likeness (QED) is 0.375. The first kappa shape index (κ1) is 20.8. The highest BCUT2D eigenvalue weighted by molar-refractivity contribution is 6.03. The van der Waals surface area contributed by atoms with E-state index in [2.05, 4.69) is 5.10 Å². The Bertz CT molecular complexity index is 1220. The Morgan fingerprint density at radius 2 is 1.83 bits per heavy atom. The summed E-state index contributed by atoms with van der Waals surface area (Å²) < 4.78 is 8.00. The van der Waals surface area contributed by atoms with E-state index in [-0.39, 0.29) is 5.57 Å². The first-order chi connectivity index (χ1) is 14.3. The molecule has 30 heavy (non-hydrogen) atoms.